The lowest BCUT2D eigenvalue weighted by molar-refractivity contribution is -0.141. The number of aryl methyl sites for hydroxylation is 1. The SMILES string of the molecule is CCC(C(=O)O)n1c2c(c3ccccc31)CC(NC(=O)CCc1ccccc1)CC2. The Hall–Kier alpha value is -3.08. The zero-order valence-corrected chi connectivity index (χ0v) is 17.3. The van der Waals surface area contributed by atoms with Gasteiger partial charge in [-0.15, -0.1) is 0 Å². The van der Waals surface area contributed by atoms with Crippen molar-refractivity contribution in [2.75, 3.05) is 0 Å². The lowest BCUT2D eigenvalue weighted by Gasteiger charge is -2.26. The number of nitrogens with one attached hydrogen (secondary N) is 1. The quantitative estimate of drug-likeness (QED) is 0.617. The number of rotatable bonds is 7. The molecule has 1 amide bonds. The zero-order valence-electron chi connectivity index (χ0n) is 17.3. The molecule has 0 spiro atoms. The molecular formula is C25H28N2O3. The Morgan fingerprint density at radius 2 is 1.87 bits per heavy atom. The summed E-state index contributed by atoms with van der Waals surface area (Å²) in [6.45, 7) is 1.92. The molecule has 0 aliphatic heterocycles. The van der Waals surface area contributed by atoms with Crippen molar-refractivity contribution >= 4 is 22.8 Å². The second-order valence-electron chi connectivity index (χ2n) is 8.07. The van der Waals surface area contributed by atoms with Crippen LogP contribution in [0.15, 0.2) is 54.6 Å². The summed E-state index contributed by atoms with van der Waals surface area (Å²) < 4.78 is 2.01. The third-order valence-corrected chi connectivity index (χ3v) is 6.14. The summed E-state index contributed by atoms with van der Waals surface area (Å²) in [5.74, 6) is -0.717. The third-order valence-electron chi connectivity index (χ3n) is 6.14. The summed E-state index contributed by atoms with van der Waals surface area (Å²) in [6, 6.07) is 17.6. The summed E-state index contributed by atoms with van der Waals surface area (Å²) in [6.07, 6.45) is 4.11. The van der Waals surface area contributed by atoms with E-state index >= 15 is 0 Å². The monoisotopic (exact) mass is 404 g/mol. The van der Waals surface area contributed by atoms with Crippen molar-refractivity contribution in [2.24, 2.45) is 0 Å². The summed E-state index contributed by atoms with van der Waals surface area (Å²) in [7, 11) is 0. The molecule has 30 heavy (non-hydrogen) atoms. The van der Waals surface area contributed by atoms with Crippen LogP contribution < -0.4 is 5.32 Å². The van der Waals surface area contributed by atoms with E-state index in [-0.39, 0.29) is 11.9 Å². The van der Waals surface area contributed by atoms with Crippen molar-refractivity contribution in [2.45, 2.75) is 57.5 Å². The molecule has 1 aliphatic rings. The van der Waals surface area contributed by atoms with Gasteiger partial charge in [0.1, 0.15) is 6.04 Å². The highest BCUT2D eigenvalue weighted by atomic mass is 16.4. The maximum absolute atomic E-state index is 12.5. The molecule has 0 fully saturated rings. The fourth-order valence-electron chi connectivity index (χ4n) is 4.69. The minimum atomic E-state index is -0.794. The molecule has 1 aliphatic carbocycles. The topological polar surface area (TPSA) is 71.3 Å². The van der Waals surface area contributed by atoms with Crippen molar-refractivity contribution < 1.29 is 14.7 Å². The lowest BCUT2D eigenvalue weighted by atomic mass is 9.91. The number of hydrogen-bond donors (Lipinski definition) is 2. The Labute approximate surface area is 176 Å². The van der Waals surface area contributed by atoms with Crippen molar-refractivity contribution in [1.82, 2.24) is 9.88 Å². The molecule has 2 aromatic carbocycles. The van der Waals surface area contributed by atoms with Crippen LogP contribution in [0, 0.1) is 0 Å². The largest absolute Gasteiger partial charge is 0.480 e. The Kier molecular flexibility index (Phi) is 5.88. The summed E-state index contributed by atoms with van der Waals surface area (Å²) in [5.41, 5.74) is 4.44. The molecule has 2 N–H and O–H groups in total. The van der Waals surface area contributed by atoms with Crippen molar-refractivity contribution in [3.05, 3.63) is 71.4 Å². The molecule has 0 saturated heterocycles. The van der Waals surface area contributed by atoms with Crippen molar-refractivity contribution in [3.8, 4) is 0 Å². The van der Waals surface area contributed by atoms with E-state index in [0.717, 1.165) is 42.3 Å². The minimum Gasteiger partial charge on any atom is -0.480 e. The van der Waals surface area contributed by atoms with Crippen LogP contribution >= 0.6 is 0 Å². The average Bonchev–Trinajstić information content (AvgIpc) is 3.07. The van der Waals surface area contributed by atoms with Gasteiger partial charge in [-0.1, -0.05) is 55.5 Å². The van der Waals surface area contributed by atoms with Crippen molar-refractivity contribution in [3.63, 3.8) is 0 Å². The summed E-state index contributed by atoms with van der Waals surface area (Å²) in [5, 5.41) is 14.1. The van der Waals surface area contributed by atoms with Crippen LogP contribution in [0.4, 0.5) is 0 Å². The fourth-order valence-corrected chi connectivity index (χ4v) is 4.69. The van der Waals surface area contributed by atoms with Gasteiger partial charge in [-0.3, -0.25) is 4.79 Å². The number of aliphatic carboxylic acids is 1. The number of para-hydroxylation sites is 1. The number of aromatic nitrogens is 1. The van der Waals surface area contributed by atoms with Gasteiger partial charge in [-0.05, 0) is 49.3 Å². The van der Waals surface area contributed by atoms with Gasteiger partial charge in [0.15, 0.2) is 0 Å². The first-order chi connectivity index (χ1) is 14.6. The number of carboxylic acids is 1. The predicted octanol–water partition coefficient (Wildman–Crippen LogP) is 4.28. The van der Waals surface area contributed by atoms with E-state index in [1.165, 1.54) is 11.1 Å². The molecule has 0 radical (unpaired) electrons. The standard InChI is InChI=1S/C25H28N2O3/c1-2-21(25(29)30)27-22-11-7-6-10-19(22)20-16-18(13-14-23(20)27)26-24(28)15-12-17-8-4-3-5-9-17/h3-11,18,21H,2,12-16H2,1H3,(H,26,28)(H,29,30). The molecule has 3 aromatic rings. The Balaban J connectivity index is 1.52. The third kappa shape index (κ3) is 3.97. The van der Waals surface area contributed by atoms with E-state index in [4.69, 9.17) is 0 Å². The van der Waals surface area contributed by atoms with Gasteiger partial charge in [0.25, 0.3) is 0 Å². The number of carboxylic acid groups (broad SMARTS) is 1. The van der Waals surface area contributed by atoms with Crippen LogP contribution in [0.2, 0.25) is 0 Å². The number of carbonyl (C=O) groups is 2. The van der Waals surface area contributed by atoms with Crippen LogP contribution in [-0.2, 0) is 28.9 Å². The average molecular weight is 405 g/mol. The molecule has 5 heteroatoms. The first-order valence-corrected chi connectivity index (χ1v) is 10.7. The van der Waals surface area contributed by atoms with Gasteiger partial charge in [0.2, 0.25) is 5.91 Å². The van der Waals surface area contributed by atoms with Crippen LogP contribution in [0.3, 0.4) is 0 Å². The van der Waals surface area contributed by atoms with Gasteiger partial charge in [-0.25, -0.2) is 4.79 Å². The number of benzene rings is 2. The van der Waals surface area contributed by atoms with Crippen molar-refractivity contribution in [1.29, 1.82) is 0 Å². The maximum atomic E-state index is 12.5. The van der Waals surface area contributed by atoms with E-state index in [9.17, 15) is 14.7 Å². The number of hydrogen-bond acceptors (Lipinski definition) is 2. The molecule has 1 aromatic heterocycles. The first kappa shape index (κ1) is 20.2. The second kappa shape index (κ2) is 8.74. The highest BCUT2D eigenvalue weighted by Crippen LogP contribution is 2.35. The normalized spacial score (nSPS) is 16.8. The molecule has 2 unspecified atom stereocenters. The highest BCUT2D eigenvalue weighted by Gasteiger charge is 2.30. The van der Waals surface area contributed by atoms with Crippen LogP contribution in [0.5, 0.6) is 0 Å². The molecule has 5 nitrogen and oxygen atoms in total. The second-order valence-corrected chi connectivity index (χ2v) is 8.07. The van der Waals surface area contributed by atoms with E-state index in [2.05, 4.69) is 11.4 Å². The Bertz CT molecular complexity index is 1050. The van der Waals surface area contributed by atoms with Gasteiger partial charge >= 0.3 is 5.97 Å². The van der Waals surface area contributed by atoms with E-state index in [1.807, 2.05) is 60.0 Å². The minimum absolute atomic E-state index is 0.0769. The molecule has 0 saturated carbocycles. The molecule has 0 bridgehead atoms. The van der Waals surface area contributed by atoms with Crippen LogP contribution in [0.25, 0.3) is 10.9 Å². The zero-order chi connectivity index (χ0) is 21.1. The van der Waals surface area contributed by atoms with Crippen LogP contribution in [-0.4, -0.2) is 27.6 Å². The summed E-state index contributed by atoms with van der Waals surface area (Å²) in [4.78, 5) is 24.4. The number of amides is 1. The van der Waals surface area contributed by atoms with Crippen LogP contribution in [0.1, 0.15) is 49.0 Å². The predicted molar refractivity (Wildman–Crippen MR) is 118 cm³/mol. The molecule has 1 heterocycles. The Morgan fingerprint density at radius 1 is 1.13 bits per heavy atom. The number of nitrogens with zero attached hydrogens (tertiary/aromatic N) is 1. The first-order valence-electron chi connectivity index (χ1n) is 10.7. The molecule has 4 rings (SSSR count). The highest BCUT2D eigenvalue weighted by molar-refractivity contribution is 5.88. The fraction of sp³-hybridized carbons (Fsp3) is 0.360. The smallest absolute Gasteiger partial charge is 0.326 e. The lowest BCUT2D eigenvalue weighted by Crippen LogP contribution is -2.39. The molecule has 2 atom stereocenters. The number of fused-ring (bicyclic) bond motifs is 3. The Morgan fingerprint density at radius 3 is 2.60 bits per heavy atom. The molecular weight excluding hydrogens is 376 g/mol. The van der Waals surface area contributed by atoms with E-state index < -0.39 is 12.0 Å². The maximum Gasteiger partial charge on any atom is 0.326 e. The van der Waals surface area contributed by atoms with Gasteiger partial charge < -0.3 is 15.0 Å². The van der Waals surface area contributed by atoms with E-state index in [0.29, 0.717) is 12.8 Å². The van der Waals surface area contributed by atoms with Gasteiger partial charge in [-0.2, -0.15) is 0 Å². The van der Waals surface area contributed by atoms with E-state index in [1.54, 1.807) is 0 Å². The van der Waals surface area contributed by atoms with Gasteiger partial charge in [0, 0.05) is 29.1 Å². The summed E-state index contributed by atoms with van der Waals surface area (Å²) >= 11 is 0. The number of carbonyl (C=O) groups excluding carboxylic acids is 1. The van der Waals surface area contributed by atoms with Gasteiger partial charge in [0.05, 0.1) is 0 Å². The molecule has 156 valence electrons.